The van der Waals surface area contributed by atoms with Crippen LogP contribution in [-0.4, -0.2) is 80.7 Å². The molecule has 1 saturated carbocycles. The van der Waals surface area contributed by atoms with Crippen LogP contribution in [0.2, 0.25) is 10.0 Å². The van der Waals surface area contributed by atoms with Crippen molar-refractivity contribution >= 4 is 51.3 Å². The molecule has 3 N–H and O–H groups in total. The molecule has 4 atom stereocenters. The van der Waals surface area contributed by atoms with Crippen LogP contribution in [-0.2, 0) is 15.7 Å². The number of pyridine rings is 2. The van der Waals surface area contributed by atoms with E-state index in [0.29, 0.717) is 52.1 Å². The third-order valence-electron chi connectivity index (χ3n) is 10.2. The lowest BCUT2D eigenvalue weighted by Crippen LogP contribution is -2.54. The SMILES string of the molecule is O=C(O[C@@H]1OC[C@H](O)[C@H](O)[C@H]1O)c1cc(C(F)(F)F)c2cc(N3CCC4(C=C(c5c(-c6c(Cl)cncc6Cl)noc5C5CC5)C4)CC3)ccc2n1. The summed E-state index contributed by atoms with van der Waals surface area (Å²) in [5, 5.41) is 34.5. The monoisotopic (exact) mass is 746 g/mol. The van der Waals surface area contributed by atoms with Crippen molar-refractivity contribution in [2.45, 2.75) is 68.8 Å². The molecule has 8 rings (SSSR count). The van der Waals surface area contributed by atoms with Gasteiger partial charge in [-0.3, -0.25) is 4.98 Å². The number of rotatable bonds is 6. The van der Waals surface area contributed by atoms with Gasteiger partial charge in [0, 0.05) is 53.6 Å². The second-order valence-corrected chi connectivity index (χ2v) is 14.4. The van der Waals surface area contributed by atoms with Crippen molar-refractivity contribution in [3.63, 3.8) is 0 Å². The molecule has 11 nitrogen and oxygen atoms in total. The predicted octanol–water partition coefficient (Wildman–Crippen LogP) is 6.16. The van der Waals surface area contributed by atoms with Gasteiger partial charge in [-0.1, -0.05) is 34.4 Å². The number of hydrogen-bond donors (Lipinski definition) is 3. The van der Waals surface area contributed by atoms with Crippen molar-refractivity contribution < 1.29 is 47.3 Å². The van der Waals surface area contributed by atoms with Crippen LogP contribution in [0.1, 0.15) is 65.4 Å². The molecule has 3 fully saturated rings. The first-order valence-corrected chi connectivity index (χ1v) is 17.2. The summed E-state index contributed by atoms with van der Waals surface area (Å²) in [4.78, 5) is 23.0. The highest BCUT2D eigenvalue weighted by molar-refractivity contribution is 6.39. The standard InChI is InChI=1S/C35H31Cl2F3N4O7/c36-21-13-41-14-22(37)27(21)28-26(31(51-43-28)16-1-2-16)17-11-34(12-17)5-7-44(8-6-34)18-3-4-23-19(9-18)20(35(38,39)40)10-24(42-23)32(48)50-33-30(47)29(46)25(45)15-49-33/h3-4,9-11,13-14,16,25,29-30,33,45-47H,1-2,5-8,12,15H2/t25-,29-,30+,33-/m0/s1. The van der Waals surface area contributed by atoms with E-state index >= 15 is 0 Å². The van der Waals surface area contributed by atoms with Gasteiger partial charge < -0.3 is 34.2 Å². The van der Waals surface area contributed by atoms with Crippen LogP contribution in [0.4, 0.5) is 18.9 Å². The number of hydrogen-bond acceptors (Lipinski definition) is 11. The summed E-state index contributed by atoms with van der Waals surface area (Å²) in [6.45, 7) is 0.758. The Balaban J connectivity index is 1.01. The molecule has 5 heterocycles. The average molecular weight is 748 g/mol. The number of fused-ring (bicyclic) bond motifs is 1. The van der Waals surface area contributed by atoms with Gasteiger partial charge in [0.2, 0.25) is 6.29 Å². The lowest BCUT2D eigenvalue weighted by atomic mass is 9.63. The van der Waals surface area contributed by atoms with Crippen molar-refractivity contribution in [3.05, 3.63) is 75.4 Å². The van der Waals surface area contributed by atoms with Crippen molar-refractivity contribution in [3.8, 4) is 11.3 Å². The fourth-order valence-corrected chi connectivity index (χ4v) is 7.80. The molecule has 51 heavy (non-hydrogen) atoms. The highest BCUT2D eigenvalue weighted by Gasteiger charge is 2.45. The molecule has 1 spiro atoms. The van der Waals surface area contributed by atoms with Gasteiger partial charge in [-0.15, -0.1) is 0 Å². The maximum absolute atomic E-state index is 14.4. The first-order chi connectivity index (χ1) is 24.3. The summed E-state index contributed by atoms with van der Waals surface area (Å²) in [6.07, 6.45) is -1.73. The van der Waals surface area contributed by atoms with Crippen molar-refractivity contribution in [1.82, 2.24) is 15.1 Å². The normalized spacial score (nSPS) is 24.8. The highest BCUT2D eigenvalue weighted by atomic mass is 35.5. The molecule has 0 bridgehead atoms. The molecule has 16 heteroatoms. The number of piperidine rings is 1. The quantitative estimate of drug-likeness (QED) is 0.195. The van der Waals surface area contributed by atoms with E-state index in [1.54, 1.807) is 6.07 Å². The van der Waals surface area contributed by atoms with Crippen LogP contribution in [0.3, 0.4) is 0 Å². The second kappa shape index (κ2) is 12.7. The van der Waals surface area contributed by atoms with Crippen LogP contribution < -0.4 is 4.90 Å². The largest absolute Gasteiger partial charge is 0.428 e. The van der Waals surface area contributed by atoms with Gasteiger partial charge >= 0.3 is 12.1 Å². The summed E-state index contributed by atoms with van der Waals surface area (Å²) < 4.78 is 59.0. The molecular formula is C35H31Cl2F3N4O7. The topological polar surface area (TPSA) is 151 Å². The van der Waals surface area contributed by atoms with E-state index in [2.05, 4.69) is 21.2 Å². The number of esters is 1. The van der Waals surface area contributed by atoms with E-state index in [0.717, 1.165) is 49.0 Å². The lowest BCUT2D eigenvalue weighted by molar-refractivity contribution is -0.251. The minimum atomic E-state index is -4.83. The number of aliphatic hydroxyl groups excluding tert-OH is 3. The van der Waals surface area contributed by atoms with Gasteiger partial charge in [0.25, 0.3) is 0 Å². The molecule has 0 amide bonds. The van der Waals surface area contributed by atoms with E-state index < -0.39 is 54.6 Å². The summed E-state index contributed by atoms with van der Waals surface area (Å²) in [7, 11) is 0. The highest BCUT2D eigenvalue weighted by Crippen LogP contribution is 2.56. The summed E-state index contributed by atoms with van der Waals surface area (Å²) in [5.41, 5.74) is 1.94. The molecule has 4 aromatic rings. The second-order valence-electron chi connectivity index (χ2n) is 13.6. The number of aromatic nitrogens is 3. The molecule has 3 aromatic heterocycles. The number of halogens is 5. The van der Waals surface area contributed by atoms with Crippen LogP contribution in [0.5, 0.6) is 0 Å². The van der Waals surface area contributed by atoms with E-state index in [1.807, 2.05) is 4.90 Å². The molecule has 2 saturated heterocycles. The van der Waals surface area contributed by atoms with Crippen LogP contribution in [0, 0.1) is 5.41 Å². The van der Waals surface area contributed by atoms with Crippen molar-refractivity contribution in [2.24, 2.45) is 5.41 Å². The van der Waals surface area contributed by atoms with Crippen LogP contribution in [0.15, 0.2) is 47.3 Å². The first kappa shape index (κ1) is 34.3. The number of anilines is 1. The molecule has 0 radical (unpaired) electrons. The first-order valence-electron chi connectivity index (χ1n) is 16.5. The van der Waals surface area contributed by atoms with Gasteiger partial charge in [-0.25, -0.2) is 9.78 Å². The third kappa shape index (κ3) is 6.25. The van der Waals surface area contributed by atoms with Gasteiger partial charge in [0.05, 0.1) is 27.7 Å². The Hall–Kier alpha value is -3.79. The number of carbonyl (C=O) groups excluding carboxylic acids is 1. The average Bonchev–Trinajstić information content (AvgIpc) is 3.85. The summed E-state index contributed by atoms with van der Waals surface area (Å²) in [5.74, 6) is -0.149. The Morgan fingerprint density at radius 2 is 1.73 bits per heavy atom. The number of nitrogens with zero attached hydrogens (tertiary/aromatic N) is 4. The zero-order valence-electron chi connectivity index (χ0n) is 26.7. The predicted molar refractivity (Wildman–Crippen MR) is 178 cm³/mol. The number of ether oxygens (including phenoxy) is 2. The minimum Gasteiger partial charge on any atom is -0.428 e. The summed E-state index contributed by atoms with van der Waals surface area (Å²) in [6, 6.07) is 5.13. The minimum absolute atomic E-state index is 0.0773. The van der Waals surface area contributed by atoms with Gasteiger partial charge in [0.15, 0.2) is 0 Å². The van der Waals surface area contributed by atoms with E-state index in [-0.39, 0.29) is 16.3 Å². The Labute approximate surface area is 298 Å². The number of alkyl halides is 3. The smallest absolute Gasteiger partial charge is 0.417 e. The molecular weight excluding hydrogens is 716 g/mol. The maximum Gasteiger partial charge on any atom is 0.417 e. The molecule has 1 aromatic carbocycles. The summed E-state index contributed by atoms with van der Waals surface area (Å²) >= 11 is 13.0. The Morgan fingerprint density at radius 3 is 2.39 bits per heavy atom. The van der Waals surface area contributed by atoms with Crippen LogP contribution in [0.25, 0.3) is 27.7 Å². The zero-order chi connectivity index (χ0) is 35.8. The van der Waals surface area contributed by atoms with E-state index in [4.69, 9.17) is 37.2 Å². The molecule has 2 aliphatic heterocycles. The molecule has 0 unspecified atom stereocenters. The van der Waals surface area contributed by atoms with Gasteiger partial charge in [0.1, 0.15) is 35.5 Å². The Bertz CT molecular complexity index is 2040. The van der Waals surface area contributed by atoms with Gasteiger partial charge in [-0.05, 0) is 67.4 Å². The maximum atomic E-state index is 14.4. The van der Waals surface area contributed by atoms with Crippen LogP contribution >= 0.6 is 23.2 Å². The number of benzene rings is 1. The van der Waals surface area contributed by atoms with Crippen molar-refractivity contribution in [2.75, 3.05) is 24.6 Å². The Kier molecular flexibility index (Phi) is 8.55. The number of aliphatic hydroxyl groups is 3. The fraction of sp³-hybridized carbons (Fsp3) is 0.429. The van der Waals surface area contributed by atoms with Crippen molar-refractivity contribution in [1.29, 1.82) is 0 Å². The number of allylic oxidation sites excluding steroid dienone is 2. The molecule has 4 aliphatic rings. The van der Waals surface area contributed by atoms with E-state index in [1.165, 1.54) is 24.5 Å². The van der Waals surface area contributed by atoms with E-state index in [9.17, 15) is 33.3 Å². The third-order valence-corrected chi connectivity index (χ3v) is 10.8. The fourth-order valence-electron chi connectivity index (χ4n) is 7.26. The molecule has 2 aliphatic carbocycles. The lowest BCUT2D eigenvalue weighted by Gasteiger charge is -2.47. The zero-order valence-corrected chi connectivity index (χ0v) is 28.3. The number of carbonyl (C=O) groups is 1. The molecule has 268 valence electrons. The van der Waals surface area contributed by atoms with Gasteiger partial charge in [-0.2, -0.15) is 13.2 Å². The Morgan fingerprint density at radius 1 is 1.02 bits per heavy atom.